The van der Waals surface area contributed by atoms with Gasteiger partial charge in [0, 0.05) is 30.6 Å². The highest BCUT2D eigenvalue weighted by Gasteiger charge is 2.34. The molecule has 18 heavy (non-hydrogen) atoms. The normalized spacial score (nSPS) is 23.2. The topological polar surface area (TPSA) is 58.4 Å². The van der Waals surface area contributed by atoms with Crippen molar-refractivity contribution in [1.82, 2.24) is 10.2 Å². The maximum Gasteiger partial charge on any atom is 0.236 e. The fourth-order valence-corrected chi connectivity index (χ4v) is 3.67. The minimum Gasteiger partial charge on any atom is -0.368 e. The van der Waals surface area contributed by atoms with Crippen LogP contribution in [0, 0.1) is 5.92 Å². The minimum atomic E-state index is -0.232. The number of thiophene rings is 1. The first-order valence-corrected chi connectivity index (χ1v) is 7.28. The molecule has 5 heteroatoms. The molecule has 0 saturated carbocycles. The number of nitrogens with zero attached hydrogens (tertiary/aromatic N) is 1. The summed E-state index contributed by atoms with van der Waals surface area (Å²) in [7, 11) is 0. The van der Waals surface area contributed by atoms with Crippen molar-refractivity contribution in [2.45, 2.75) is 25.9 Å². The highest BCUT2D eigenvalue weighted by atomic mass is 32.1. The molecule has 3 N–H and O–H groups in total. The van der Waals surface area contributed by atoms with E-state index in [0.29, 0.717) is 12.5 Å². The van der Waals surface area contributed by atoms with E-state index in [2.05, 4.69) is 41.6 Å². The Morgan fingerprint density at radius 2 is 2.39 bits per heavy atom. The Balaban J connectivity index is 2.26. The molecular formula is C13H21N3OS. The number of hydrogen-bond acceptors (Lipinski definition) is 4. The summed E-state index contributed by atoms with van der Waals surface area (Å²) < 4.78 is 0. The first-order chi connectivity index (χ1) is 8.61. The van der Waals surface area contributed by atoms with Gasteiger partial charge in [0.2, 0.25) is 5.91 Å². The lowest BCUT2D eigenvalue weighted by Crippen LogP contribution is -2.58. The van der Waals surface area contributed by atoms with Crippen molar-refractivity contribution in [2.75, 3.05) is 19.6 Å². The number of piperazine rings is 1. The highest BCUT2D eigenvalue weighted by Crippen LogP contribution is 2.33. The summed E-state index contributed by atoms with van der Waals surface area (Å²) in [5.74, 6) is 0.230. The van der Waals surface area contributed by atoms with E-state index < -0.39 is 0 Å². The third-order valence-electron chi connectivity index (χ3n) is 3.44. The molecule has 0 bridgehead atoms. The molecule has 1 aromatic rings. The van der Waals surface area contributed by atoms with Crippen molar-refractivity contribution in [3.63, 3.8) is 0 Å². The molecule has 0 aliphatic carbocycles. The van der Waals surface area contributed by atoms with Gasteiger partial charge in [-0.05, 0) is 17.4 Å². The van der Waals surface area contributed by atoms with E-state index in [1.165, 1.54) is 4.88 Å². The van der Waals surface area contributed by atoms with E-state index in [1.807, 2.05) is 0 Å². The van der Waals surface area contributed by atoms with Gasteiger partial charge in [-0.3, -0.25) is 9.69 Å². The lowest BCUT2D eigenvalue weighted by Gasteiger charge is -2.41. The largest absolute Gasteiger partial charge is 0.368 e. The van der Waals surface area contributed by atoms with E-state index in [4.69, 9.17) is 5.73 Å². The minimum absolute atomic E-state index is 0.201. The lowest BCUT2D eigenvalue weighted by atomic mass is 9.97. The number of rotatable bonds is 4. The first-order valence-electron chi connectivity index (χ1n) is 6.40. The number of primary amides is 1. The van der Waals surface area contributed by atoms with E-state index in [1.54, 1.807) is 11.3 Å². The number of nitrogens with one attached hydrogen (secondary N) is 1. The smallest absolute Gasteiger partial charge is 0.236 e. The third kappa shape index (κ3) is 2.74. The van der Waals surface area contributed by atoms with Crippen LogP contribution in [0.2, 0.25) is 0 Å². The fraction of sp³-hybridized carbons (Fsp3) is 0.615. The van der Waals surface area contributed by atoms with Gasteiger partial charge in [0.05, 0.1) is 0 Å². The molecule has 1 aromatic heterocycles. The molecule has 100 valence electrons. The Kier molecular flexibility index (Phi) is 4.37. The summed E-state index contributed by atoms with van der Waals surface area (Å²) in [6.07, 6.45) is 0. The van der Waals surface area contributed by atoms with Crippen LogP contribution in [0.15, 0.2) is 17.5 Å². The van der Waals surface area contributed by atoms with E-state index in [9.17, 15) is 4.79 Å². The Morgan fingerprint density at radius 3 is 2.94 bits per heavy atom. The fourth-order valence-electron chi connectivity index (χ4n) is 2.65. The molecule has 0 radical (unpaired) electrons. The van der Waals surface area contributed by atoms with Crippen molar-refractivity contribution < 1.29 is 4.79 Å². The molecule has 0 spiro atoms. The molecule has 1 aliphatic heterocycles. The van der Waals surface area contributed by atoms with Crippen LogP contribution >= 0.6 is 11.3 Å². The number of nitrogens with two attached hydrogens (primary N) is 1. The van der Waals surface area contributed by atoms with Crippen LogP contribution < -0.4 is 11.1 Å². The molecule has 1 aliphatic rings. The summed E-state index contributed by atoms with van der Waals surface area (Å²) in [4.78, 5) is 15.2. The highest BCUT2D eigenvalue weighted by molar-refractivity contribution is 7.10. The van der Waals surface area contributed by atoms with Gasteiger partial charge in [0.15, 0.2) is 0 Å². The zero-order chi connectivity index (χ0) is 13.1. The SMILES string of the molecule is CC(C)C(c1cccs1)N1CCNCC1C(N)=O. The summed E-state index contributed by atoms with van der Waals surface area (Å²) in [6, 6.07) is 4.30. The molecule has 1 saturated heterocycles. The summed E-state index contributed by atoms with van der Waals surface area (Å²) >= 11 is 1.75. The van der Waals surface area contributed by atoms with E-state index >= 15 is 0 Å². The molecule has 1 fully saturated rings. The summed E-state index contributed by atoms with van der Waals surface area (Å²) in [5, 5.41) is 5.34. The predicted octanol–water partition coefficient (Wildman–Crippen LogP) is 1.20. The van der Waals surface area contributed by atoms with Crippen LogP contribution in [0.1, 0.15) is 24.8 Å². The van der Waals surface area contributed by atoms with Crippen LogP contribution in [-0.4, -0.2) is 36.5 Å². The van der Waals surface area contributed by atoms with Gasteiger partial charge < -0.3 is 11.1 Å². The van der Waals surface area contributed by atoms with E-state index in [0.717, 1.165) is 13.1 Å². The Morgan fingerprint density at radius 1 is 1.61 bits per heavy atom. The third-order valence-corrected chi connectivity index (χ3v) is 4.38. The van der Waals surface area contributed by atoms with Crippen LogP contribution in [0.25, 0.3) is 0 Å². The maximum absolute atomic E-state index is 11.6. The predicted molar refractivity (Wildman–Crippen MR) is 74.5 cm³/mol. The molecule has 1 amide bonds. The Bertz CT molecular complexity index is 391. The van der Waals surface area contributed by atoms with Gasteiger partial charge in [-0.2, -0.15) is 0 Å². The van der Waals surface area contributed by atoms with Crippen molar-refractivity contribution in [1.29, 1.82) is 0 Å². The lowest BCUT2D eigenvalue weighted by molar-refractivity contribution is -0.125. The van der Waals surface area contributed by atoms with Crippen LogP contribution in [0.3, 0.4) is 0 Å². The zero-order valence-electron chi connectivity index (χ0n) is 10.9. The second-order valence-corrected chi connectivity index (χ2v) is 6.04. The van der Waals surface area contributed by atoms with Crippen LogP contribution in [0.5, 0.6) is 0 Å². The molecule has 2 rings (SSSR count). The average Bonchev–Trinajstić information content (AvgIpc) is 2.83. The number of carbonyl (C=O) groups is 1. The van der Waals surface area contributed by atoms with Gasteiger partial charge in [-0.15, -0.1) is 11.3 Å². The summed E-state index contributed by atoms with van der Waals surface area (Å²) in [5.41, 5.74) is 5.53. The maximum atomic E-state index is 11.6. The van der Waals surface area contributed by atoms with Crippen molar-refractivity contribution in [3.05, 3.63) is 22.4 Å². The second kappa shape index (κ2) is 5.82. The second-order valence-electron chi connectivity index (χ2n) is 5.06. The van der Waals surface area contributed by atoms with E-state index in [-0.39, 0.29) is 18.0 Å². The molecular weight excluding hydrogens is 246 g/mol. The number of carbonyl (C=O) groups excluding carboxylic acids is 1. The van der Waals surface area contributed by atoms with Gasteiger partial charge in [0.1, 0.15) is 6.04 Å². The molecule has 4 nitrogen and oxygen atoms in total. The molecule has 2 unspecified atom stereocenters. The molecule has 2 heterocycles. The van der Waals surface area contributed by atoms with Gasteiger partial charge in [-0.25, -0.2) is 0 Å². The standard InChI is InChI=1S/C13H21N3OS/c1-9(2)12(11-4-3-7-18-11)16-6-5-15-8-10(16)13(14)17/h3-4,7,9-10,12,15H,5-6,8H2,1-2H3,(H2,14,17). The average molecular weight is 267 g/mol. The van der Waals surface area contributed by atoms with Crippen molar-refractivity contribution in [2.24, 2.45) is 11.7 Å². The Hall–Kier alpha value is -0.910. The monoisotopic (exact) mass is 267 g/mol. The van der Waals surface area contributed by atoms with Crippen molar-refractivity contribution in [3.8, 4) is 0 Å². The quantitative estimate of drug-likeness (QED) is 0.862. The van der Waals surface area contributed by atoms with Crippen LogP contribution in [-0.2, 0) is 4.79 Å². The van der Waals surface area contributed by atoms with Crippen molar-refractivity contribution >= 4 is 17.2 Å². The summed E-state index contributed by atoms with van der Waals surface area (Å²) in [6.45, 7) is 6.84. The van der Waals surface area contributed by atoms with Gasteiger partial charge in [-0.1, -0.05) is 19.9 Å². The molecule has 0 aromatic carbocycles. The van der Waals surface area contributed by atoms with Gasteiger partial charge in [0.25, 0.3) is 0 Å². The van der Waals surface area contributed by atoms with Crippen LogP contribution in [0.4, 0.5) is 0 Å². The number of amides is 1. The molecule has 2 atom stereocenters. The number of hydrogen-bond donors (Lipinski definition) is 2. The zero-order valence-corrected chi connectivity index (χ0v) is 11.7. The Labute approximate surface area is 112 Å². The first kappa shape index (κ1) is 13.5. The van der Waals surface area contributed by atoms with Gasteiger partial charge >= 0.3 is 0 Å².